The zero-order chi connectivity index (χ0) is 24.5. The second-order valence-electron chi connectivity index (χ2n) is 8.27. The first-order valence-electron chi connectivity index (χ1n) is 11.6. The molecule has 0 saturated carbocycles. The Morgan fingerprint density at radius 2 is 1.80 bits per heavy atom. The quantitative estimate of drug-likeness (QED) is 0.367. The predicted octanol–water partition coefficient (Wildman–Crippen LogP) is 3.58. The third kappa shape index (κ3) is 6.44. The number of carbonyl (C=O) groups is 2. The molecule has 1 atom stereocenters. The molecule has 0 bridgehead atoms. The van der Waals surface area contributed by atoms with Crippen LogP contribution in [0.15, 0.2) is 84.1 Å². The van der Waals surface area contributed by atoms with E-state index in [9.17, 15) is 9.59 Å². The number of likely N-dealkylation sites (tertiary alicyclic amines) is 1. The minimum atomic E-state index is -0.283. The third-order valence-corrected chi connectivity index (χ3v) is 5.81. The Morgan fingerprint density at radius 1 is 1.03 bits per heavy atom. The van der Waals surface area contributed by atoms with E-state index in [2.05, 4.69) is 20.8 Å². The van der Waals surface area contributed by atoms with Gasteiger partial charge in [-0.3, -0.25) is 14.6 Å². The number of benzene rings is 2. The molecule has 1 aromatic heterocycles. The molecule has 2 aromatic carbocycles. The average molecular weight is 472 g/mol. The van der Waals surface area contributed by atoms with Gasteiger partial charge in [-0.25, -0.2) is 0 Å². The number of hydrogen-bond acceptors (Lipinski definition) is 6. The van der Waals surface area contributed by atoms with E-state index in [0.717, 1.165) is 22.7 Å². The van der Waals surface area contributed by atoms with Crippen LogP contribution in [0.5, 0.6) is 0 Å². The number of hydrogen-bond donors (Lipinski definition) is 2. The number of rotatable bonds is 9. The molecule has 180 valence electrons. The summed E-state index contributed by atoms with van der Waals surface area (Å²) in [4.78, 5) is 36.9. The number of aromatic nitrogens is 1. The Bertz CT molecular complexity index is 1150. The van der Waals surface area contributed by atoms with Crippen LogP contribution in [0.3, 0.4) is 0 Å². The summed E-state index contributed by atoms with van der Waals surface area (Å²) in [6, 6.07) is 22.6. The molecule has 3 aromatic rings. The van der Waals surface area contributed by atoms with Crippen molar-refractivity contribution in [1.29, 1.82) is 0 Å². The van der Waals surface area contributed by atoms with Gasteiger partial charge < -0.3 is 20.4 Å². The minimum Gasteiger partial charge on any atom is -0.399 e. The zero-order valence-electron chi connectivity index (χ0n) is 19.7. The molecule has 2 heterocycles. The first-order valence-corrected chi connectivity index (χ1v) is 11.6. The lowest BCUT2D eigenvalue weighted by Crippen LogP contribution is -2.40. The van der Waals surface area contributed by atoms with Crippen LogP contribution in [0.25, 0.3) is 11.3 Å². The van der Waals surface area contributed by atoms with Crippen LogP contribution in [0.1, 0.15) is 23.2 Å². The van der Waals surface area contributed by atoms with E-state index in [1.54, 1.807) is 23.2 Å². The van der Waals surface area contributed by atoms with Gasteiger partial charge in [-0.05, 0) is 36.4 Å². The largest absolute Gasteiger partial charge is 0.399 e. The second kappa shape index (κ2) is 11.8. The maximum Gasteiger partial charge on any atom is 0.254 e. The van der Waals surface area contributed by atoms with Crippen molar-refractivity contribution in [3.63, 3.8) is 0 Å². The van der Waals surface area contributed by atoms with Crippen molar-refractivity contribution in [2.75, 3.05) is 32.1 Å². The van der Waals surface area contributed by atoms with E-state index < -0.39 is 0 Å². The second-order valence-corrected chi connectivity index (χ2v) is 8.27. The normalized spacial score (nSPS) is 16.2. The van der Waals surface area contributed by atoms with Gasteiger partial charge in [0.25, 0.3) is 5.91 Å². The Hall–Kier alpha value is -4.20. The summed E-state index contributed by atoms with van der Waals surface area (Å²) in [5.74, 6) is -0.241. The Morgan fingerprint density at radius 3 is 2.51 bits per heavy atom. The van der Waals surface area contributed by atoms with Crippen molar-refractivity contribution < 1.29 is 14.4 Å². The molecule has 2 N–H and O–H groups in total. The lowest BCUT2D eigenvalue weighted by Gasteiger charge is -2.24. The molecule has 0 radical (unpaired) electrons. The van der Waals surface area contributed by atoms with Gasteiger partial charge in [-0.15, -0.1) is 0 Å². The highest BCUT2D eigenvalue weighted by Gasteiger charge is 2.35. The van der Waals surface area contributed by atoms with Gasteiger partial charge in [0.05, 0.1) is 18.0 Å². The number of carbonyl (C=O) groups excluding carboxylic acids is 2. The maximum atomic E-state index is 13.3. The van der Waals surface area contributed by atoms with Crippen molar-refractivity contribution in [2.24, 2.45) is 5.16 Å². The van der Waals surface area contributed by atoms with Crippen LogP contribution in [-0.4, -0.2) is 60.2 Å². The molecule has 1 aliphatic heterocycles. The van der Waals surface area contributed by atoms with E-state index >= 15 is 0 Å². The highest BCUT2D eigenvalue weighted by atomic mass is 16.6. The average Bonchev–Trinajstić information content (AvgIpc) is 3.29. The summed E-state index contributed by atoms with van der Waals surface area (Å²) in [7, 11) is 1.48. The van der Waals surface area contributed by atoms with E-state index in [4.69, 9.17) is 4.84 Å². The van der Waals surface area contributed by atoms with Gasteiger partial charge in [-0.1, -0.05) is 41.6 Å². The predicted molar refractivity (Wildman–Crippen MR) is 136 cm³/mol. The molecule has 0 spiro atoms. The Labute approximate surface area is 205 Å². The van der Waals surface area contributed by atoms with E-state index in [0.29, 0.717) is 31.6 Å². The van der Waals surface area contributed by atoms with Gasteiger partial charge in [0.2, 0.25) is 5.91 Å². The molecule has 35 heavy (non-hydrogen) atoms. The molecular weight excluding hydrogens is 442 g/mol. The molecular formula is C27H29N5O3. The summed E-state index contributed by atoms with van der Waals surface area (Å²) in [5, 5.41) is 10.2. The molecule has 1 fully saturated rings. The monoisotopic (exact) mass is 471 g/mol. The van der Waals surface area contributed by atoms with Crippen molar-refractivity contribution in [1.82, 2.24) is 15.2 Å². The van der Waals surface area contributed by atoms with Gasteiger partial charge in [0, 0.05) is 55.0 Å². The van der Waals surface area contributed by atoms with Crippen molar-refractivity contribution in [2.45, 2.75) is 18.9 Å². The lowest BCUT2D eigenvalue weighted by atomic mass is 10.1. The SMILES string of the molecule is CON=C1C[C@@H](CC(=O)NCCNc2ccccc2)N(C(=O)c2ccc(-c3ccccn3)cc2)C1. The number of pyridine rings is 1. The van der Waals surface area contributed by atoms with E-state index in [-0.39, 0.29) is 24.3 Å². The smallest absolute Gasteiger partial charge is 0.254 e. The van der Waals surface area contributed by atoms with Crippen LogP contribution in [0.2, 0.25) is 0 Å². The van der Waals surface area contributed by atoms with E-state index in [1.165, 1.54) is 7.11 Å². The van der Waals surface area contributed by atoms with Crippen LogP contribution in [-0.2, 0) is 9.63 Å². The van der Waals surface area contributed by atoms with Crippen molar-refractivity contribution >= 4 is 23.2 Å². The third-order valence-electron chi connectivity index (χ3n) is 5.81. The highest BCUT2D eigenvalue weighted by Crippen LogP contribution is 2.23. The summed E-state index contributed by atoms with van der Waals surface area (Å²) >= 11 is 0. The van der Waals surface area contributed by atoms with Gasteiger partial charge in [-0.2, -0.15) is 0 Å². The fourth-order valence-electron chi connectivity index (χ4n) is 4.12. The maximum absolute atomic E-state index is 13.3. The molecule has 8 heteroatoms. The highest BCUT2D eigenvalue weighted by molar-refractivity contribution is 6.01. The zero-order valence-corrected chi connectivity index (χ0v) is 19.7. The van der Waals surface area contributed by atoms with Gasteiger partial charge in [0.1, 0.15) is 7.11 Å². The molecule has 1 aliphatic rings. The topological polar surface area (TPSA) is 95.9 Å². The van der Waals surface area contributed by atoms with Crippen molar-refractivity contribution in [3.8, 4) is 11.3 Å². The molecule has 8 nitrogen and oxygen atoms in total. The first kappa shape index (κ1) is 23.9. The number of amides is 2. The summed E-state index contributed by atoms with van der Waals surface area (Å²) in [5.41, 5.74) is 4.09. The first-order chi connectivity index (χ1) is 17.1. The lowest BCUT2D eigenvalue weighted by molar-refractivity contribution is -0.121. The molecule has 1 saturated heterocycles. The van der Waals surface area contributed by atoms with Crippen LogP contribution in [0, 0.1) is 0 Å². The fourth-order valence-corrected chi connectivity index (χ4v) is 4.12. The summed E-state index contributed by atoms with van der Waals surface area (Å²) < 4.78 is 0. The molecule has 0 unspecified atom stereocenters. The Balaban J connectivity index is 1.36. The number of oxime groups is 1. The van der Waals surface area contributed by atoms with Crippen LogP contribution < -0.4 is 10.6 Å². The van der Waals surface area contributed by atoms with Crippen molar-refractivity contribution in [3.05, 3.63) is 84.6 Å². The number of para-hydroxylation sites is 1. The number of anilines is 1. The van der Waals surface area contributed by atoms with E-state index in [1.807, 2.05) is 60.7 Å². The number of nitrogens with one attached hydrogen (secondary N) is 2. The summed E-state index contributed by atoms with van der Waals surface area (Å²) in [6.07, 6.45) is 2.44. The molecule has 0 aliphatic carbocycles. The van der Waals surface area contributed by atoms with Gasteiger partial charge in [0.15, 0.2) is 0 Å². The van der Waals surface area contributed by atoms with Crippen LogP contribution in [0.4, 0.5) is 5.69 Å². The minimum absolute atomic E-state index is 0.105. The molecule has 2 amide bonds. The molecule has 4 rings (SSSR count). The Kier molecular flexibility index (Phi) is 8.06. The summed E-state index contributed by atoms with van der Waals surface area (Å²) in [6.45, 7) is 1.44. The number of nitrogens with zero attached hydrogens (tertiary/aromatic N) is 3. The van der Waals surface area contributed by atoms with Crippen LogP contribution >= 0.6 is 0 Å². The van der Waals surface area contributed by atoms with Gasteiger partial charge >= 0.3 is 0 Å². The standard InChI is InChI=1S/C27H29N5O3/c1-35-31-23-17-24(18-26(33)30-16-15-28-22-7-3-2-4-8-22)32(19-23)27(34)21-12-10-20(11-13-21)25-9-5-6-14-29-25/h2-14,24,28H,15-19H2,1H3,(H,30,33)/t24-/m0/s1. The fraction of sp³-hybridized carbons (Fsp3) is 0.259.